The van der Waals surface area contributed by atoms with Crippen LogP contribution in [0.4, 0.5) is 5.95 Å². The van der Waals surface area contributed by atoms with Gasteiger partial charge in [0.05, 0.1) is 10.9 Å². The van der Waals surface area contributed by atoms with Crippen LogP contribution in [0, 0.1) is 0 Å². The molecule has 2 aromatic rings. The number of aryl methyl sites for hydroxylation is 1. The van der Waals surface area contributed by atoms with Crippen LogP contribution in [0.25, 0.3) is 11.0 Å². The van der Waals surface area contributed by atoms with E-state index < -0.39 is 0 Å². The van der Waals surface area contributed by atoms with Gasteiger partial charge in [0.15, 0.2) is 5.78 Å². The fraction of sp³-hybridized carbons (Fsp3) is 0.467. The predicted molar refractivity (Wildman–Crippen MR) is 80.9 cm³/mol. The number of aromatic nitrogens is 3. The molecule has 0 saturated carbocycles. The molecule has 6 heteroatoms. The first-order valence-corrected chi connectivity index (χ1v) is 7.28. The molecule has 0 unspecified atom stereocenters. The van der Waals surface area contributed by atoms with E-state index in [1.165, 1.54) is 6.92 Å². The van der Waals surface area contributed by atoms with E-state index in [0.717, 1.165) is 25.9 Å². The molecule has 2 aromatic heterocycles. The van der Waals surface area contributed by atoms with Gasteiger partial charge in [-0.1, -0.05) is 0 Å². The van der Waals surface area contributed by atoms with E-state index in [1.54, 1.807) is 12.4 Å². The fourth-order valence-electron chi connectivity index (χ4n) is 2.72. The lowest BCUT2D eigenvalue weighted by Crippen LogP contribution is -2.23. The zero-order chi connectivity index (χ0) is 15.0. The van der Waals surface area contributed by atoms with Crippen LogP contribution >= 0.6 is 0 Å². The third-order valence-corrected chi connectivity index (χ3v) is 3.91. The number of pyridine rings is 1. The Labute approximate surface area is 122 Å². The highest BCUT2D eigenvalue weighted by Gasteiger charge is 2.18. The van der Waals surface area contributed by atoms with Gasteiger partial charge in [-0.2, -0.15) is 4.98 Å². The molecular formula is C15H18N4O2. The molecule has 110 valence electrons. The number of Topliss-reactive ketones (excluding diaryl/α,β-unsaturated/α-hetero) is 1. The average molecular weight is 286 g/mol. The Morgan fingerprint density at radius 2 is 2.05 bits per heavy atom. The van der Waals surface area contributed by atoms with Gasteiger partial charge in [0.2, 0.25) is 11.4 Å². The summed E-state index contributed by atoms with van der Waals surface area (Å²) in [6.45, 7) is 5.92. The topological polar surface area (TPSA) is 68.1 Å². The van der Waals surface area contributed by atoms with Gasteiger partial charge in [-0.05, 0) is 26.7 Å². The largest absolute Gasteiger partial charge is 0.341 e. The van der Waals surface area contributed by atoms with Crippen molar-refractivity contribution in [3.8, 4) is 0 Å². The van der Waals surface area contributed by atoms with Gasteiger partial charge in [-0.25, -0.2) is 4.98 Å². The average Bonchev–Trinajstić information content (AvgIpc) is 3.01. The Morgan fingerprint density at radius 3 is 2.67 bits per heavy atom. The van der Waals surface area contributed by atoms with Crippen molar-refractivity contribution < 1.29 is 4.79 Å². The molecule has 1 fully saturated rings. The summed E-state index contributed by atoms with van der Waals surface area (Å²) in [6, 6.07) is 0. The van der Waals surface area contributed by atoms with Crippen molar-refractivity contribution in [1.82, 2.24) is 14.5 Å². The van der Waals surface area contributed by atoms with Gasteiger partial charge in [-0.15, -0.1) is 0 Å². The van der Waals surface area contributed by atoms with Crippen LogP contribution in [0.1, 0.15) is 37.0 Å². The first-order chi connectivity index (χ1) is 10.1. The van der Waals surface area contributed by atoms with Crippen molar-refractivity contribution in [2.24, 2.45) is 0 Å². The van der Waals surface area contributed by atoms with Crippen molar-refractivity contribution in [3.63, 3.8) is 0 Å². The summed E-state index contributed by atoms with van der Waals surface area (Å²) < 4.78 is 1.84. The number of carbonyl (C=O) groups excluding carboxylic acids is 1. The number of nitrogens with zero attached hydrogens (tertiary/aromatic N) is 4. The maximum Gasteiger partial charge on any atom is 0.227 e. The van der Waals surface area contributed by atoms with Gasteiger partial charge in [0, 0.05) is 32.0 Å². The molecule has 0 atom stereocenters. The van der Waals surface area contributed by atoms with Gasteiger partial charge in [-0.3, -0.25) is 9.59 Å². The Bertz CT molecular complexity index is 760. The number of hydrogen-bond acceptors (Lipinski definition) is 5. The summed E-state index contributed by atoms with van der Waals surface area (Å²) in [5.41, 5.74) is 0.515. The third kappa shape index (κ3) is 2.30. The molecule has 3 rings (SSSR count). The van der Waals surface area contributed by atoms with Gasteiger partial charge < -0.3 is 9.47 Å². The maximum absolute atomic E-state index is 12.3. The number of hydrogen-bond donors (Lipinski definition) is 0. The molecule has 1 aliphatic heterocycles. The number of carbonyl (C=O) groups is 1. The van der Waals surface area contributed by atoms with Crippen LogP contribution in [-0.2, 0) is 6.54 Å². The summed E-state index contributed by atoms with van der Waals surface area (Å²) in [5, 5.41) is 0.410. The second kappa shape index (κ2) is 5.27. The van der Waals surface area contributed by atoms with Crippen LogP contribution in [0.2, 0.25) is 0 Å². The van der Waals surface area contributed by atoms with Crippen LogP contribution in [-0.4, -0.2) is 33.4 Å². The first kappa shape index (κ1) is 13.7. The summed E-state index contributed by atoms with van der Waals surface area (Å²) in [6.07, 6.45) is 5.45. The molecule has 0 bridgehead atoms. The molecule has 1 saturated heterocycles. The third-order valence-electron chi connectivity index (χ3n) is 3.91. The van der Waals surface area contributed by atoms with Gasteiger partial charge in [0.1, 0.15) is 5.65 Å². The Kier molecular flexibility index (Phi) is 3.45. The van der Waals surface area contributed by atoms with Crippen molar-refractivity contribution in [2.45, 2.75) is 33.2 Å². The number of anilines is 1. The minimum absolute atomic E-state index is 0.196. The zero-order valence-corrected chi connectivity index (χ0v) is 12.3. The Morgan fingerprint density at radius 1 is 1.33 bits per heavy atom. The molecule has 0 aromatic carbocycles. The SMILES string of the molecule is CCn1cc(C(C)=O)c(=O)c2cnc(N3CCCC3)nc21. The smallest absolute Gasteiger partial charge is 0.227 e. The highest BCUT2D eigenvalue weighted by atomic mass is 16.1. The lowest BCUT2D eigenvalue weighted by atomic mass is 10.1. The van der Waals surface area contributed by atoms with E-state index in [2.05, 4.69) is 14.9 Å². The molecule has 3 heterocycles. The molecular weight excluding hydrogens is 268 g/mol. The Hall–Kier alpha value is -2.24. The second-order valence-electron chi connectivity index (χ2n) is 5.32. The highest BCUT2D eigenvalue weighted by Crippen LogP contribution is 2.18. The van der Waals surface area contributed by atoms with Crippen LogP contribution in [0.15, 0.2) is 17.2 Å². The molecule has 1 aliphatic rings. The minimum Gasteiger partial charge on any atom is -0.341 e. The molecule has 0 radical (unpaired) electrons. The summed E-state index contributed by atoms with van der Waals surface area (Å²) in [5.74, 6) is 0.435. The summed E-state index contributed by atoms with van der Waals surface area (Å²) >= 11 is 0. The van der Waals surface area contributed by atoms with Gasteiger partial charge >= 0.3 is 0 Å². The van der Waals surface area contributed by atoms with Crippen molar-refractivity contribution >= 4 is 22.8 Å². The monoisotopic (exact) mass is 286 g/mol. The standard InChI is InChI=1S/C15H18N4O2/c1-3-18-9-12(10(2)20)13(21)11-8-16-15(17-14(11)18)19-6-4-5-7-19/h8-9H,3-7H2,1-2H3. The number of fused-ring (bicyclic) bond motifs is 1. The lowest BCUT2D eigenvalue weighted by Gasteiger charge is -2.16. The minimum atomic E-state index is -0.282. The van der Waals surface area contributed by atoms with Crippen LogP contribution < -0.4 is 10.3 Å². The molecule has 6 nitrogen and oxygen atoms in total. The van der Waals surface area contributed by atoms with E-state index in [9.17, 15) is 9.59 Å². The van der Waals surface area contributed by atoms with E-state index in [1.807, 2.05) is 11.5 Å². The second-order valence-corrected chi connectivity index (χ2v) is 5.32. The molecule has 0 N–H and O–H groups in total. The van der Waals surface area contributed by atoms with Crippen molar-refractivity contribution in [2.75, 3.05) is 18.0 Å². The molecule has 0 aliphatic carbocycles. The van der Waals surface area contributed by atoms with Crippen molar-refractivity contribution in [1.29, 1.82) is 0 Å². The predicted octanol–water partition coefficient (Wildman–Crippen LogP) is 1.61. The zero-order valence-electron chi connectivity index (χ0n) is 12.3. The molecule has 0 spiro atoms. The number of rotatable bonds is 3. The molecule has 0 amide bonds. The normalized spacial score (nSPS) is 14.9. The van der Waals surface area contributed by atoms with E-state index in [-0.39, 0.29) is 16.8 Å². The Balaban J connectivity index is 2.23. The quantitative estimate of drug-likeness (QED) is 0.802. The summed E-state index contributed by atoms with van der Waals surface area (Å²) in [7, 11) is 0. The maximum atomic E-state index is 12.3. The van der Waals surface area contributed by atoms with E-state index >= 15 is 0 Å². The highest BCUT2D eigenvalue weighted by molar-refractivity contribution is 5.96. The molecule has 21 heavy (non-hydrogen) atoms. The van der Waals surface area contributed by atoms with E-state index in [0.29, 0.717) is 23.5 Å². The van der Waals surface area contributed by atoms with E-state index in [4.69, 9.17) is 0 Å². The van der Waals surface area contributed by atoms with Crippen LogP contribution in [0.3, 0.4) is 0 Å². The summed E-state index contributed by atoms with van der Waals surface area (Å²) in [4.78, 5) is 34.9. The first-order valence-electron chi connectivity index (χ1n) is 7.28. The lowest BCUT2D eigenvalue weighted by molar-refractivity contribution is 0.101. The number of ketones is 1. The fourth-order valence-corrected chi connectivity index (χ4v) is 2.72. The van der Waals surface area contributed by atoms with Gasteiger partial charge in [0.25, 0.3) is 0 Å². The van der Waals surface area contributed by atoms with Crippen LogP contribution in [0.5, 0.6) is 0 Å². The van der Waals surface area contributed by atoms with Crippen molar-refractivity contribution in [3.05, 3.63) is 28.2 Å².